The number of phenols is 2. The van der Waals surface area contributed by atoms with E-state index in [1.54, 1.807) is 0 Å². The van der Waals surface area contributed by atoms with E-state index in [2.05, 4.69) is 5.32 Å². The summed E-state index contributed by atoms with van der Waals surface area (Å²) in [6.45, 7) is 0.552. The van der Waals surface area contributed by atoms with Gasteiger partial charge in [0.2, 0.25) is 0 Å². The molecule has 1 aromatic carbocycles. The molecule has 1 amide bonds. The number of nitrogens with one attached hydrogen (secondary N) is 1. The molecule has 0 aromatic heterocycles. The van der Waals surface area contributed by atoms with Gasteiger partial charge in [-0.25, -0.2) is 0 Å². The zero-order chi connectivity index (χ0) is 13.4. The molecule has 0 aliphatic rings. The van der Waals surface area contributed by atoms with Gasteiger partial charge in [-0.15, -0.1) is 11.6 Å². The number of phenolic OH excluding ortho intramolecular Hbond substituents is 2. The Hall–Kier alpha value is -1.42. The molecule has 0 saturated carbocycles. The van der Waals surface area contributed by atoms with Crippen LogP contribution in [0.5, 0.6) is 11.5 Å². The van der Waals surface area contributed by atoms with E-state index in [0.717, 1.165) is 25.7 Å². The number of hydrogen-bond acceptors (Lipinski definition) is 3. The van der Waals surface area contributed by atoms with Crippen molar-refractivity contribution in [2.75, 3.05) is 12.4 Å². The standard InChI is InChI=1S/C13H18ClNO3/c14-8-3-1-2-4-9-15-13(18)10-6-5-7-11(16)12(10)17/h5-7,16-17H,1-4,8-9H2,(H,15,18). The highest BCUT2D eigenvalue weighted by Crippen LogP contribution is 2.27. The number of hydrogen-bond donors (Lipinski definition) is 3. The highest BCUT2D eigenvalue weighted by Gasteiger charge is 2.12. The lowest BCUT2D eigenvalue weighted by atomic mass is 10.1. The lowest BCUT2D eigenvalue weighted by Crippen LogP contribution is -2.24. The number of alkyl halides is 1. The minimum absolute atomic E-state index is 0.0933. The van der Waals surface area contributed by atoms with Crippen LogP contribution in [0, 0.1) is 0 Å². The van der Waals surface area contributed by atoms with Crippen molar-refractivity contribution in [2.24, 2.45) is 0 Å². The first-order valence-corrected chi connectivity index (χ1v) is 6.55. The van der Waals surface area contributed by atoms with Crippen LogP contribution in [0.15, 0.2) is 18.2 Å². The van der Waals surface area contributed by atoms with Crippen molar-refractivity contribution in [2.45, 2.75) is 25.7 Å². The maximum absolute atomic E-state index is 11.7. The van der Waals surface area contributed by atoms with Crippen LogP contribution in [0.1, 0.15) is 36.0 Å². The summed E-state index contributed by atoms with van der Waals surface area (Å²) in [5.41, 5.74) is 0.0933. The molecular formula is C13H18ClNO3. The number of para-hydroxylation sites is 1. The van der Waals surface area contributed by atoms with Gasteiger partial charge in [0.25, 0.3) is 5.91 Å². The summed E-state index contributed by atoms with van der Waals surface area (Å²) in [6.07, 6.45) is 3.93. The second kappa shape index (κ2) is 7.82. The summed E-state index contributed by atoms with van der Waals surface area (Å²) in [5.74, 6) is -0.369. The second-order valence-electron chi connectivity index (χ2n) is 4.03. The maximum Gasteiger partial charge on any atom is 0.255 e. The Morgan fingerprint density at radius 1 is 1.17 bits per heavy atom. The minimum atomic E-state index is -0.378. The summed E-state index contributed by atoms with van der Waals surface area (Å²) >= 11 is 5.56. The smallest absolute Gasteiger partial charge is 0.255 e. The van der Waals surface area contributed by atoms with E-state index in [9.17, 15) is 15.0 Å². The number of carbonyl (C=O) groups is 1. The number of amides is 1. The normalized spacial score (nSPS) is 10.3. The van der Waals surface area contributed by atoms with Crippen molar-refractivity contribution >= 4 is 17.5 Å². The molecule has 0 bridgehead atoms. The zero-order valence-electron chi connectivity index (χ0n) is 10.2. The van der Waals surface area contributed by atoms with E-state index in [4.69, 9.17) is 11.6 Å². The number of rotatable bonds is 7. The predicted octanol–water partition coefficient (Wildman–Crippen LogP) is 2.63. The first-order chi connectivity index (χ1) is 8.66. The molecule has 4 nitrogen and oxygen atoms in total. The van der Waals surface area contributed by atoms with Crippen LogP contribution < -0.4 is 5.32 Å². The van der Waals surface area contributed by atoms with Crippen LogP contribution in [0.2, 0.25) is 0 Å². The van der Waals surface area contributed by atoms with E-state index in [1.807, 2.05) is 0 Å². The van der Waals surface area contributed by atoms with Gasteiger partial charge in [0.1, 0.15) is 0 Å². The van der Waals surface area contributed by atoms with Crippen molar-refractivity contribution in [3.05, 3.63) is 23.8 Å². The van der Waals surface area contributed by atoms with E-state index in [-0.39, 0.29) is 23.0 Å². The Kier molecular flexibility index (Phi) is 6.36. The number of carbonyl (C=O) groups excluding carboxylic acids is 1. The third-order valence-electron chi connectivity index (χ3n) is 2.61. The fourth-order valence-electron chi connectivity index (χ4n) is 1.58. The first kappa shape index (κ1) is 14.6. The lowest BCUT2D eigenvalue weighted by molar-refractivity contribution is 0.0949. The van der Waals surface area contributed by atoms with Gasteiger partial charge in [-0.2, -0.15) is 0 Å². The third kappa shape index (κ3) is 4.45. The second-order valence-corrected chi connectivity index (χ2v) is 4.41. The van der Waals surface area contributed by atoms with Crippen molar-refractivity contribution in [1.82, 2.24) is 5.32 Å². The third-order valence-corrected chi connectivity index (χ3v) is 2.87. The largest absolute Gasteiger partial charge is 0.504 e. The Morgan fingerprint density at radius 3 is 2.61 bits per heavy atom. The molecule has 0 radical (unpaired) electrons. The van der Waals surface area contributed by atoms with Gasteiger partial charge in [0, 0.05) is 12.4 Å². The molecule has 100 valence electrons. The number of halogens is 1. The van der Waals surface area contributed by atoms with Crippen molar-refractivity contribution in [3.8, 4) is 11.5 Å². The van der Waals surface area contributed by atoms with Gasteiger partial charge in [-0.1, -0.05) is 18.9 Å². The van der Waals surface area contributed by atoms with Crippen LogP contribution in [-0.2, 0) is 0 Å². The van der Waals surface area contributed by atoms with Gasteiger partial charge < -0.3 is 15.5 Å². The minimum Gasteiger partial charge on any atom is -0.504 e. The van der Waals surface area contributed by atoms with Gasteiger partial charge in [0.05, 0.1) is 5.56 Å². The van der Waals surface area contributed by atoms with Crippen LogP contribution in [0.25, 0.3) is 0 Å². The van der Waals surface area contributed by atoms with E-state index < -0.39 is 0 Å². The molecule has 0 atom stereocenters. The maximum atomic E-state index is 11.7. The topological polar surface area (TPSA) is 69.6 Å². The molecule has 5 heteroatoms. The van der Waals surface area contributed by atoms with Crippen LogP contribution >= 0.6 is 11.6 Å². The van der Waals surface area contributed by atoms with Crippen molar-refractivity contribution in [1.29, 1.82) is 0 Å². The van der Waals surface area contributed by atoms with Gasteiger partial charge in [-0.05, 0) is 25.0 Å². The molecule has 0 aliphatic carbocycles. The number of benzene rings is 1. The Labute approximate surface area is 112 Å². The molecule has 0 spiro atoms. The number of unbranched alkanes of at least 4 members (excludes halogenated alkanes) is 3. The highest BCUT2D eigenvalue weighted by atomic mass is 35.5. The summed E-state index contributed by atoms with van der Waals surface area (Å²) in [6, 6.07) is 4.32. The predicted molar refractivity (Wildman–Crippen MR) is 71.3 cm³/mol. The Bertz CT molecular complexity index is 396. The zero-order valence-corrected chi connectivity index (χ0v) is 10.9. The molecule has 0 aliphatic heterocycles. The lowest BCUT2D eigenvalue weighted by Gasteiger charge is -2.07. The van der Waals surface area contributed by atoms with Crippen LogP contribution in [0.4, 0.5) is 0 Å². The summed E-state index contributed by atoms with van der Waals surface area (Å²) < 4.78 is 0. The summed E-state index contributed by atoms with van der Waals surface area (Å²) in [4.78, 5) is 11.7. The molecular weight excluding hydrogens is 254 g/mol. The van der Waals surface area contributed by atoms with Crippen molar-refractivity contribution in [3.63, 3.8) is 0 Å². The first-order valence-electron chi connectivity index (χ1n) is 6.02. The van der Waals surface area contributed by atoms with Crippen LogP contribution in [0.3, 0.4) is 0 Å². The van der Waals surface area contributed by atoms with Crippen molar-refractivity contribution < 1.29 is 15.0 Å². The molecule has 1 aromatic rings. The molecule has 0 saturated heterocycles. The number of aromatic hydroxyl groups is 2. The fourth-order valence-corrected chi connectivity index (χ4v) is 1.77. The summed E-state index contributed by atoms with van der Waals surface area (Å²) in [5, 5.41) is 21.5. The quantitative estimate of drug-likeness (QED) is 0.406. The molecule has 0 unspecified atom stereocenters. The SMILES string of the molecule is O=C(NCCCCCCCl)c1cccc(O)c1O. The van der Waals surface area contributed by atoms with E-state index in [1.165, 1.54) is 18.2 Å². The van der Waals surface area contributed by atoms with Gasteiger partial charge >= 0.3 is 0 Å². The molecule has 0 fully saturated rings. The summed E-state index contributed by atoms with van der Waals surface area (Å²) in [7, 11) is 0. The average molecular weight is 272 g/mol. The van der Waals surface area contributed by atoms with Gasteiger partial charge in [-0.3, -0.25) is 4.79 Å². The highest BCUT2D eigenvalue weighted by molar-refractivity contribution is 6.17. The Balaban J connectivity index is 2.35. The van der Waals surface area contributed by atoms with Gasteiger partial charge in [0.15, 0.2) is 11.5 Å². The van der Waals surface area contributed by atoms with Crippen LogP contribution in [-0.4, -0.2) is 28.5 Å². The average Bonchev–Trinajstić information content (AvgIpc) is 2.36. The molecule has 1 rings (SSSR count). The molecule has 18 heavy (non-hydrogen) atoms. The molecule has 0 heterocycles. The van der Waals surface area contributed by atoms with E-state index >= 15 is 0 Å². The van der Waals surface area contributed by atoms with E-state index in [0.29, 0.717) is 12.4 Å². The Morgan fingerprint density at radius 2 is 1.89 bits per heavy atom. The molecule has 3 N–H and O–H groups in total. The monoisotopic (exact) mass is 271 g/mol. The fraction of sp³-hybridized carbons (Fsp3) is 0.462.